The van der Waals surface area contributed by atoms with Crippen LogP contribution >= 0.6 is 11.6 Å². The lowest BCUT2D eigenvalue weighted by atomic mass is 10.2. The molecular formula is C18H19ClN2O6S. The van der Waals surface area contributed by atoms with Crippen LogP contribution in [0.1, 0.15) is 15.9 Å². The second-order valence-corrected chi connectivity index (χ2v) is 7.75. The summed E-state index contributed by atoms with van der Waals surface area (Å²) in [5.41, 5.74) is 0.849. The average molecular weight is 427 g/mol. The fourth-order valence-electron chi connectivity index (χ4n) is 2.16. The molecule has 0 fully saturated rings. The second-order valence-electron chi connectivity index (χ2n) is 5.78. The van der Waals surface area contributed by atoms with Gasteiger partial charge in [0.25, 0.3) is 5.91 Å². The van der Waals surface area contributed by atoms with Gasteiger partial charge in [0.2, 0.25) is 10.0 Å². The number of primary sulfonamides is 1. The summed E-state index contributed by atoms with van der Waals surface area (Å²) < 4.78 is 33.1. The van der Waals surface area contributed by atoms with Gasteiger partial charge in [0.15, 0.2) is 6.61 Å². The average Bonchev–Trinajstić information content (AvgIpc) is 2.63. The molecule has 2 aromatic rings. The number of halogens is 1. The van der Waals surface area contributed by atoms with Crippen molar-refractivity contribution in [3.63, 3.8) is 0 Å². The monoisotopic (exact) mass is 426 g/mol. The van der Waals surface area contributed by atoms with Crippen molar-refractivity contribution in [1.82, 2.24) is 5.32 Å². The van der Waals surface area contributed by atoms with Gasteiger partial charge in [-0.1, -0.05) is 23.7 Å². The van der Waals surface area contributed by atoms with Crippen LogP contribution in [0.5, 0.6) is 5.75 Å². The second kappa shape index (κ2) is 9.54. The van der Waals surface area contributed by atoms with Crippen LogP contribution in [-0.4, -0.2) is 40.1 Å². The minimum absolute atomic E-state index is 0.0237. The maximum Gasteiger partial charge on any atom is 0.340 e. The molecule has 150 valence electrons. The maximum absolute atomic E-state index is 12.0. The Morgan fingerprint density at radius 2 is 1.93 bits per heavy atom. The zero-order valence-electron chi connectivity index (χ0n) is 15.0. The number of benzene rings is 2. The van der Waals surface area contributed by atoms with Crippen molar-refractivity contribution in [3.8, 4) is 5.75 Å². The molecule has 0 aliphatic carbocycles. The van der Waals surface area contributed by atoms with Gasteiger partial charge in [-0.15, -0.1) is 0 Å². The van der Waals surface area contributed by atoms with Crippen LogP contribution < -0.4 is 15.2 Å². The predicted molar refractivity (Wildman–Crippen MR) is 103 cm³/mol. The summed E-state index contributed by atoms with van der Waals surface area (Å²) in [6.07, 6.45) is 0. The molecule has 8 nitrogen and oxygen atoms in total. The van der Waals surface area contributed by atoms with Gasteiger partial charge in [0.1, 0.15) is 12.4 Å². The molecular weight excluding hydrogens is 408 g/mol. The lowest BCUT2D eigenvalue weighted by molar-refractivity contribution is -0.124. The molecule has 2 aromatic carbocycles. The lowest BCUT2D eigenvalue weighted by Crippen LogP contribution is -2.32. The van der Waals surface area contributed by atoms with E-state index in [1.165, 1.54) is 6.07 Å². The Hall–Kier alpha value is -2.62. The summed E-state index contributed by atoms with van der Waals surface area (Å²) >= 11 is 5.87. The van der Waals surface area contributed by atoms with Crippen molar-refractivity contribution < 1.29 is 27.5 Å². The molecule has 0 heterocycles. The number of carbonyl (C=O) groups is 2. The molecule has 0 spiro atoms. The van der Waals surface area contributed by atoms with Crippen molar-refractivity contribution in [2.24, 2.45) is 5.14 Å². The van der Waals surface area contributed by atoms with Crippen molar-refractivity contribution in [3.05, 3.63) is 58.6 Å². The molecule has 0 aliphatic heterocycles. The zero-order chi connectivity index (χ0) is 20.7. The van der Waals surface area contributed by atoms with E-state index >= 15 is 0 Å². The van der Waals surface area contributed by atoms with Gasteiger partial charge >= 0.3 is 5.97 Å². The van der Waals surface area contributed by atoms with E-state index in [0.29, 0.717) is 5.75 Å². The van der Waals surface area contributed by atoms with E-state index in [4.69, 9.17) is 26.2 Å². The zero-order valence-corrected chi connectivity index (χ0v) is 16.5. The molecule has 0 saturated carbocycles. The maximum atomic E-state index is 12.0. The van der Waals surface area contributed by atoms with E-state index in [-0.39, 0.29) is 28.6 Å². The number of hydrogen-bond acceptors (Lipinski definition) is 6. The highest BCUT2D eigenvalue weighted by molar-refractivity contribution is 7.89. The Morgan fingerprint density at radius 3 is 2.61 bits per heavy atom. The van der Waals surface area contributed by atoms with Crippen LogP contribution in [0, 0.1) is 6.92 Å². The molecule has 0 aromatic heterocycles. The molecule has 0 bridgehead atoms. The first-order valence-corrected chi connectivity index (χ1v) is 10.0. The SMILES string of the molecule is Cc1cccc(OCCNC(=O)COC(=O)c2cc(S(N)(=O)=O)ccc2Cl)c1. The number of esters is 1. The highest BCUT2D eigenvalue weighted by atomic mass is 35.5. The summed E-state index contributed by atoms with van der Waals surface area (Å²) in [4.78, 5) is 23.5. The largest absolute Gasteiger partial charge is 0.492 e. The molecule has 28 heavy (non-hydrogen) atoms. The molecule has 1 amide bonds. The summed E-state index contributed by atoms with van der Waals surface area (Å²) in [6.45, 7) is 1.84. The van der Waals surface area contributed by atoms with E-state index in [1.54, 1.807) is 6.07 Å². The number of rotatable bonds is 8. The van der Waals surface area contributed by atoms with Crippen LogP contribution in [0.4, 0.5) is 0 Å². The third-order valence-electron chi connectivity index (χ3n) is 3.50. The quantitative estimate of drug-likeness (QED) is 0.488. The normalized spacial score (nSPS) is 11.0. The van der Waals surface area contributed by atoms with Crippen molar-refractivity contribution >= 4 is 33.5 Å². The van der Waals surface area contributed by atoms with Gasteiger partial charge < -0.3 is 14.8 Å². The Bertz CT molecular complexity index is 978. The fourth-order valence-corrected chi connectivity index (χ4v) is 2.90. The molecule has 0 unspecified atom stereocenters. The van der Waals surface area contributed by atoms with Gasteiger partial charge in [-0.3, -0.25) is 4.79 Å². The molecule has 0 aliphatic rings. The smallest absolute Gasteiger partial charge is 0.340 e. The Labute approximate surface area is 167 Å². The third kappa shape index (κ3) is 6.52. The number of ether oxygens (including phenoxy) is 2. The summed E-state index contributed by atoms with van der Waals surface area (Å²) in [5.74, 6) is -0.799. The molecule has 10 heteroatoms. The first-order valence-electron chi connectivity index (χ1n) is 8.12. The van der Waals surface area contributed by atoms with Crippen molar-refractivity contribution in [2.45, 2.75) is 11.8 Å². The van der Waals surface area contributed by atoms with Crippen molar-refractivity contribution in [1.29, 1.82) is 0 Å². The van der Waals surface area contributed by atoms with Crippen LogP contribution in [0.25, 0.3) is 0 Å². The Kier molecular flexibility index (Phi) is 7.38. The summed E-state index contributed by atoms with van der Waals surface area (Å²) in [5, 5.41) is 7.53. The van der Waals surface area contributed by atoms with Gasteiger partial charge in [-0.25, -0.2) is 18.4 Å². The van der Waals surface area contributed by atoms with Gasteiger partial charge in [0, 0.05) is 0 Å². The molecule has 0 atom stereocenters. The molecule has 3 N–H and O–H groups in total. The number of sulfonamides is 1. The highest BCUT2D eigenvalue weighted by Crippen LogP contribution is 2.20. The summed E-state index contributed by atoms with van der Waals surface area (Å²) in [7, 11) is -4.01. The fraction of sp³-hybridized carbons (Fsp3) is 0.222. The topological polar surface area (TPSA) is 125 Å². The predicted octanol–water partition coefficient (Wildman–Crippen LogP) is 1.65. The van der Waals surface area contributed by atoms with E-state index in [2.05, 4.69) is 5.32 Å². The van der Waals surface area contributed by atoms with E-state index in [1.807, 2.05) is 25.1 Å². The number of aryl methyl sites for hydroxylation is 1. The first-order chi connectivity index (χ1) is 13.2. The van der Waals surface area contributed by atoms with E-state index < -0.39 is 28.5 Å². The van der Waals surface area contributed by atoms with Crippen LogP contribution in [-0.2, 0) is 19.6 Å². The van der Waals surface area contributed by atoms with Crippen LogP contribution in [0.15, 0.2) is 47.4 Å². The van der Waals surface area contributed by atoms with Gasteiger partial charge in [-0.05, 0) is 42.8 Å². The van der Waals surface area contributed by atoms with Gasteiger partial charge in [0.05, 0.1) is 22.0 Å². The van der Waals surface area contributed by atoms with Crippen molar-refractivity contribution in [2.75, 3.05) is 19.8 Å². The molecule has 0 radical (unpaired) electrons. The number of nitrogens with one attached hydrogen (secondary N) is 1. The number of nitrogens with two attached hydrogens (primary N) is 1. The molecule has 0 saturated heterocycles. The Balaban J connectivity index is 1.80. The third-order valence-corrected chi connectivity index (χ3v) is 4.74. The van der Waals surface area contributed by atoms with Gasteiger partial charge in [-0.2, -0.15) is 0 Å². The summed E-state index contributed by atoms with van der Waals surface area (Å²) in [6, 6.07) is 10.8. The van der Waals surface area contributed by atoms with E-state index in [0.717, 1.165) is 17.7 Å². The van der Waals surface area contributed by atoms with Crippen LogP contribution in [0.3, 0.4) is 0 Å². The first kappa shape index (κ1) is 21.7. The minimum atomic E-state index is -4.01. The minimum Gasteiger partial charge on any atom is -0.492 e. The highest BCUT2D eigenvalue weighted by Gasteiger charge is 2.18. The molecule has 2 rings (SSSR count). The van der Waals surface area contributed by atoms with Crippen LogP contribution in [0.2, 0.25) is 5.02 Å². The lowest BCUT2D eigenvalue weighted by Gasteiger charge is -2.09. The Morgan fingerprint density at radius 1 is 1.18 bits per heavy atom. The number of hydrogen-bond donors (Lipinski definition) is 2. The number of carbonyl (C=O) groups excluding carboxylic acids is 2. The van der Waals surface area contributed by atoms with E-state index in [9.17, 15) is 18.0 Å². The standard InChI is InChI=1S/C18H19ClN2O6S/c1-12-3-2-4-13(9-12)26-8-7-21-17(22)11-27-18(23)15-10-14(28(20,24)25)5-6-16(15)19/h2-6,9-10H,7-8,11H2,1H3,(H,21,22)(H2,20,24,25). The number of amides is 1.